The summed E-state index contributed by atoms with van der Waals surface area (Å²) >= 11 is 10.9. The molecule has 0 saturated carbocycles. The minimum absolute atomic E-state index is 0.114. The maximum absolute atomic E-state index is 11.9. The summed E-state index contributed by atoms with van der Waals surface area (Å²) in [5, 5.41) is 15.0. The van der Waals surface area contributed by atoms with Crippen LogP contribution in [0.3, 0.4) is 0 Å². The van der Waals surface area contributed by atoms with Crippen molar-refractivity contribution in [2.75, 3.05) is 5.32 Å². The van der Waals surface area contributed by atoms with Crippen LogP contribution in [0.2, 0.25) is 5.02 Å². The van der Waals surface area contributed by atoms with Crippen molar-refractivity contribution < 1.29 is 4.79 Å². The van der Waals surface area contributed by atoms with Gasteiger partial charge < -0.3 is 5.32 Å². The Morgan fingerprint density at radius 1 is 1.19 bits per heavy atom. The van der Waals surface area contributed by atoms with Gasteiger partial charge in [0.05, 0.1) is 11.3 Å². The van der Waals surface area contributed by atoms with Gasteiger partial charge in [-0.25, -0.2) is 0 Å². The third kappa shape index (κ3) is 4.02. The van der Waals surface area contributed by atoms with Crippen molar-refractivity contribution in [2.45, 2.75) is 0 Å². The van der Waals surface area contributed by atoms with Crippen LogP contribution in [0, 0.1) is 11.3 Å². The number of nitrogens with zero attached hydrogens (tertiary/aromatic N) is 1. The van der Waals surface area contributed by atoms with Crippen LogP contribution >= 0.6 is 23.8 Å². The Kier molecular flexibility index (Phi) is 4.88. The zero-order valence-electron chi connectivity index (χ0n) is 10.8. The Hall–Kier alpha value is -2.42. The molecular formula is C15H10ClN3OS. The van der Waals surface area contributed by atoms with E-state index in [1.807, 2.05) is 12.1 Å². The summed E-state index contributed by atoms with van der Waals surface area (Å²) in [6, 6.07) is 15.5. The standard InChI is InChI=1S/C15H10ClN3OS/c16-12-6-7-13(11(8-12)9-17)18-15(21)19-14(20)10-4-2-1-3-5-10/h1-8H,(H2,18,19,20,21). The Balaban J connectivity index is 2.06. The Morgan fingerprint density at radius 3 is 2.57 bits per heavy atom. The van der Waals surface area contributed by atoms with Gasteiger partial charge in [0, 0.05) is 10.6 Å². The van der Waals surface area contributed by atoms with Crippen molar-refractivity contribution in [1.82, 2.24) is 5.32 Å². The predicted molar refractivity (Wildman–Crippen MR) is 86.3 cm³/mol. The number of benzene rings is 2. The van der Waals surface area contributed by atoms with Crippen molar-refractivity contribution >= 4 is 40.5 Å². The average molecular weight is 316 g/mol. The van der Waals surface area contributed by atoms with E-state index in [0.29, 0.717) is 21.8 Å². The Labute approximate surface area is 132 Å². The summed E-state index contributed by atoms with van der Waals surface area (Å²) in [5.41, 5.74) is 1.33. The number of nitriles is 1. The SMILES string of the molecule is N#Cc1cc(Cl)ccc1NC(=S)NC(=O)c1ccccc1. The highest BCUT2D eigenvalue weighted by Crippen LogP contribution is 2.19. The molecule has 0 unspecified atom stereocenters. The van der Waals surface area contributed by atoms with Crippen LogP contribution in [0.1, 0.15) is 15.9 Å². The lowest BCUT2D eigenvalue weighted by atomic mass is 10.2. The smallest absolute Gasteiger partial charge is 0.257 e. The van der Waals surface area contributed by atoms with Gasteiger partial charge in [-0.1, -0.05) is 29.8 Å². The molecule has 1 amide bonds. The largest absolute Gasteiger partial charge is 0.331 e. The number of hydrogen-bond acceptors (Lipinski definition) is 3. The zero-order chi connectivity index (χ0) is 15.2. The molecule has 0 aliphatic heterocycles. The first-order chi connectivity index (χ1) is 10.1. The number of amides is 1. The molecule has 0 aromatic heterocycles. The van der Waals surface area contributed by atoms with E-state index in [-0.39, 0.29) is 11.0 Å². The topological polar surface area (TPSA) is 64.9 Å². The summed E-state index contributed by atoms with van der Waals surface area (Å²) in [6.07, 6.45) is 0. The highest BCUT2D eigenvalue weighted by Gasteiger charge is 2.09. The Bertz CT molecular complexity index is 725. The molecule has 2 rings (SSSR count). The molecule has 6 heteroatoms. The van der Waals surface area contributed by atoms with Crippen LogP contribution in [0.15, 0.2) is 48.5 Å². The molecule has 0 aliphatic carbocycles. The highest BCUT2D eigenvalue weighted by molar-refractivity contribution is 7.80. The van der Waals surface area contributed by atoms with Gasteiger partial charge in [0.1, 0.15) is 6.07 Å². The molecule has 0 spiro atoms. The summed E-state index contributed by atoms with van der Waals surface area (Å²) in [6.45, 7) is 0. The van der Waals surface area contributed by atoms with Gasteiger partial charge in [0.25, 0.3) is 5.91 Å². The Morgan fingerprint density at radius 2 is 1.90 bits per heavy atom. The molecule has 2 N–H and O–H groups in total. The quantitative estimate of drug-likeness (QED) is 0.834. The first kappa shape index (κ1) is 15.0. The first-order valence-corrected chi connectivity index (χ1v) is 6.76. The molecule has 2 aromatic rings. The van der Waals surface area contributed by atoms with Crippen molar-refractivity contribution in [2.24, 2.45) is 0 Å². The summed E-state index contributed by atoms with van der Waals surface area (Å²) in [4.78, 5) is 11.9. The predicted octanol–water partition coefficient (Wildman–Crippen LogP) is 3.34. The second-order valence-corrected chi connectivity index (χ2v) is 4.92. The highest BCUT2D eigenvalue weighted by atomic mass is 35.5. The van der Waals surface area contributed by atoms with Crippen LogP contribution < -0.4 is 10.6 Å². The van der Waals surface area contributed by atoms with Crippen LogP contribution in [-0.2, 0) is 0 Å². The normalized spacial score (nSPS) is 9.52. The molecule has 0 bridgehead atoms. The first-order valence-electron chi connectivity index (χ1n) is 5.97. The lowest BCUT2D eigenvalue weighted by Crippen LogP contribution is -2.34. The fourth-order valence-corrected chi connectivity index (χ4v) is 2.01. The fourth-order valence-electron chi connectivity index (χ4n) is 1.64. The molecule has 4 nitrogen and oxygen atoms in total. The molecule has 2 aromatic carbocycles. The molecule has 21 heavy (non-hydrogen) atoms. The van der Waals surface area contributed by atoms with Crippen molar-refractivity contribution in [3.63, 3.8) is 0 Å². The van der Waals surface area contributed by atoms with Gasteiger partial charge in [-0.15, -0.1) is 0 Å². The van der Waals surface area contributed by atoms with E-state index in [1.165, 1.54) is 6.07 Å². The molecule has 104 valence electrons. The van der Waals surface area contributed by atoms with E-state index in [9.17, 15) is 4.79 Å². The van der Waals surface area contributed by atoms with E-state index < -0.39 is 0 Å². The van der Waals surface area contributed by atoms with Gasteiger partial charge in [0.15, 0.2) is 5.11 Å². The monoisotopic (exact) mass is 315 g/mol. The van der Waals surface area contributed by atoms with E-state index in [4.69, 9.17) is 29.1 Å². The lowest BCUT2D eigenvalue weighted by Gasteiger charge is -2.11. The van der Waals surface area contributed by atoms with Crippen molar-refractivity contribution in [3.8, 4) is 6.07 Å². The van der Waals surface area contributed by atoms with Crippen LogP contribution in [0.5, 0.6) is 0 Å². The number of anilines is 1. The van der Waals surface area contributed by atoms with Crippen molar-refractivity contribution in [1.29, 1.82) is 5.26 Å². The van der Waals surface area contributed by atoms with Crippen molar-refractivity contribution in [3.05, 3.63) is 64.7 Å². The van der Waals surface area contributed by atoms with Gasteiger partial charge in [-0.2, -0.15) is 5.26 Å². The van der Waals surface area contributed by atoms with Gasteiger partial charge in [0.2, 0.25) is 0 Å². The summed E-state index contributed by atoms with van der Waals surface area (Å²) in [7, 11) is 0. The van der Waals surface area contributed by atoms with Gasteiger partial charge >= 0.3 is 0 Å². The molecule has 0 saturated heterocycles. The summed E-state index contributed by atoms with van der Waals surface area (Å²) in [5.74, 6) is -0.319. The van der Waals surface area contributed by atoms with E-state index in [2.05, 4.69) is 10.6 Å². The van der Waals surface area contributed by atoms with Crippen LogP contribution in [0.25, 0.3) is 0 Å². The zero-order valence-corrected chi connectivity index (χ0v) is 12.3. The third-order valence-corrected chi connectivity index (χ3v) is 3.05. The fraction of sp³-hybridized carbons (Fsp3) is 0. The van der Waals surface area contributed by atoms with E-state index in [0.717, 1.165) is 0 Å². The van der Waals surface area contributed by atoms with Crippen LogP contribution in [-0.4, -0.2) is 11.0 Å². The lowest BCUT2D eigenvalue weighted by molar-refractivity contribution is 0.0977. The third-order valence-electron chi connectivity index (χ3n) is 2.61. The maximum atomic E-state index is 11.9. The summed E-state index contributed by atoms with van der Waals surface area (Å²) < 4.78 is 0. The minimum atomic E-state index is -0.319. The molecular weight excluding hydrogens is 306 g/mol. The second kappa shape index (κ2) is 6.84. The number of carbonyl (C=O) groups is 1. The minimum Gasteiger partial charge on any atom is -0.331 e. The molecule has 0 aliphatic rings. The number of halogens is 1. The van der Waals surface area contributed by atoms with Gasteiger partial charge in [-0.3, -0.25) is 10.1 Å². The number of carbonyl (C=O) groups excluding carboxylic acids is 1. The number of rotatable bonds is 2. The number of nitrogens with one attached hydrogen (secondary N) is 2. The average Bonchev–Trinajstić information content (AvgIpc) is 2.49. The number of thiocarbonyl (C=S) groups is 1. The second-order valence-electron chi connectivity index (χ2n) is 4.08. The molecule has 0 atom stereocenters. The molecule has 0 fully saturated rings. The molecule has 0 heterocycles. The molecule has 0 radical (unpaired) electrons. The van der Waals surface area contributed by atoms with E-state index in [1.54, 1.807) is 36.4 Å². The van der Waals surface area contributed by atoms with Gasteiger partial charge in [-0.05, 0) is 42.5 Å². The number of hydrogen-bond donors (Lipinski definition) is 2. The van der Waals surface area contributed by atoms with Crippen LogP contribution in [0.4, 0.5) is 5.69 Å². The maximum Gasteiger partial charge on any atom is 0.257 e. The van der Waals surface area contributed by atoms with E-state index >= 15 is 0 Å².